The van der Waals surface area contributed by atoms with E-state index in [1.807, 2.05) is 19.9 Å². The van der Waals surface area contributed by atoms with Gasteiger partial charge in [0.1, 0.15) is 18.7 Å². The molecule has 1 aromatic carbocycles. The predicted molar refractivity (Wildman–Crippen MR) is 106 cm³/mol. The highest BCUT2D eigenvalue weighted by Crippen LogP contribution is 2.41. The molecule has 0 bridgehead atoms. The van der Waals surface area contributed by atoms with E-state index < -0.39 is 18.0 Å². The van der Waals surface area contributed by atoms with E-state index in [4.69, 9.17) is 18.9 Å². The first kappa shape index (κ1) is 22.8. The fourth-order valence-corrected chi connectivity index (χ4v) is 3.28. The lowest BCUT2D eigenvalue weighted by atomic mass is 10.0. The first-order valence-corrected chi connectivity index (χ1v) is 10.0. The van der Waals surface area contributed by atoms with Gasteiger partial charge < -0.3 is 18.9 Å². The van der Waals surface area contributed by atoms with Crippen LogP contribution in [0.1, 0.15) is 33.3 Å². The number of rotatable bonds is 9. The van der Waals surface area contributed by atoms with Crippen LogP contribution in [0, 0.1) is 0 Å². The molecule has 160 valence electrons. The lowest BCUT2D eigenvalue weighted by Crippen LogP contribution is -2.35. The molecule has 0 aliphatic carbocycles. The summed E-state index contributed by atoms with van der Waals surface area (Å²) in [7, 11) is 0. The molecule has 0 radical (unpaired) electrons. The Kier molecular flexibility index (Phi) is 8.15. The largest absolute Gasteiger partial charge is 0.483 e. The van der Waals surface area contributed by atoms with Crippen LogP contribution in [-0.2, 0) is 25.5 Å². The van der Waals surface area contributed by atoms with Crippen LogP contribution in [0.2, 0.25) is 0 Å². The lowest BCUT2D eigenvalue weighted by Gasteiger charge is -2.19. The van der Waals surface area contributed by atoms with Gasteiger partial charge in [0.25, 0.3) is 0 Å². The van der Waals surface area contributed by atoms with Crippen LogP contribution in [0.5, 0.6) is 11.5 Å². The minimum Gasteiger partial charge on any atom is -0.483 e. The molecule has 0 spiro atoms. The molecule has 29 heavy (non-hydrogen) atoms. The van der Waals surface area contributed by atoms with Crippen molar-refractivity contribution in [1.29, 1.82) is 0 Å². The Hall–Kier alpha value is -2.46. The van der Waals surface area contributed by atoms with Crippen molar-refractivity contribution < 1.29 is 33.3 Å². The van der Waals surface area contributed by atoms with Gasteiger partial charge in [-0.2, -0.15) is 0 Å². The van der Waals surface area contributed by atoms with E-state index in [9.17, 15) is 14.4 Å². The van der Waals surface area contributed by atoms with Crippen LogP contribution >= 0.6 is 12.1 Å². The van der Waals surface area contributed by atoms with E-state index >= 15 is 0 Å². The standard InChI is InChI=1S/C19H26N2O7S/c1-5-25-16(23)12-21(18(24)26-6-2)29-20-11-15(22)27-14-9-7-8-13-10-19(3,4)28-17(13)14/h7-9,20H,5-6,10-12H2,1-4H3. The van der Waals surface area contributed by atoms with Crippen molar-refractivity contribution in [2.24, 2.45) is 0 Å². The van der Waals surface area contributed by atoms with Gasteiger partial charge in [0.05, 0.1) is 13.2 Å². The number of carbonyl (C=O) groups is 3. The maximum Gasteiger partial charge on any atom is 0.421 e. The third kappa shape index (κ3) is 6.82. The van der Waals surface area contributed by atoms with E-state index in [0.29, 0.717) is 11.5 Å². The van der Waals surface area contributed by atoms with Gasteiger partial charge >= 0.3 is 18.0 Å². The summed E-state index contributed by atoms with van der Waals surface area (Å²) in [5, 5.41) is 0. The number of nitrogens with one attached hydrogen (secondary N) is 1. The van der Waals surface area contributed by atoms with Crippen LogP contribution in [0.15, 0.2) is 18.2 Å². The van der Waals surface area contributed by atoms with Crippen LogP contribution < -0.4 is 14.2 Å². The van der Waals surface area contributed by atoms with Crippen LogP contribution in [-0.4, -0.2) is 54.2 Å². The molecule has 0 saturated carbocycles. The Morgan fingerprint density at radius 1 is 1.17 bits per heavy atom. The summed E-state index contributed by atoms with van der Waals surface area (Å²) in [5.41, 5.74) is 0.622. The Morgan fingerprint density at radius 3 is 2.59 bits per heavy atom. The number of hydrogen-bond donors (Lipinski definition) is 1. The number of fused-ring (bicyclic) bond motifs is 1. The maximum absolute atomic E-state index is 12.2. The average Bonchev–Trinajstić information content (AvgIpc) is 2.96. The highest BCUT2D eigenvalue weighted by Gasteiger charge is 2.32. The predicted octanol–water partition coefficient (Wildman–Crippen LogP) is 2.48. The number of amides is 1. The fraction of sp³-hybridized carbons (Fsp3) is 0.526. The number of ether oxygens (including phenoxy) is 4. The SMILES string of the molecule is CCOC(=O)CN(SNCC(=O)Oc1cccc2c1OC(C)(C)C2)C(=O)OCC. The molecule has 1 aliphatic rings. The van der Waals surface area contributed by atoms with Gasteiger partial charge in [-0.05, 0) is 33.8 Å². The van der Waals surface area contributed by atoms with Gasteiger partial charge in [-0.25, -0.2) is 13.8 Å². The van der Waals surface area contributed by atoms with E-state index in [0.717, 1.165) is 28.4 Å². The third-order valence-electron chi connectivity index (χ3n) is 3.72. The summed E-state index contributed by atoms with van der Waals surface area (Å²) in [6.45, 7) is 7.05. The van der Waals surface area contributed by atoms with Crippen molar-refractivity contribution in [3.05, 3.63) is 23.8 Å². The van der Waals surface area contributed by atoms with Gasteiger partial charge in [-0.1, -0.05) is 12.1 Å². The van der Waals surface area contributed by atoms with Crippen molar-refractivity contribution in [2.45, 2.75) is 39.7 Å². The second-order valence-electron chi connectivity index (χ2n) is 6.71. The van der Waals surface area contributed by atoms with Crippen LogP contribution in [0.4, 0.5) is 4.79 Å². The number of nitrogens with zero attached hydrogens (tertiary/aromatic N) is 1. The Balaban J connectivity index is 1.89. The lowest BCUT2D eigenvalue weighted by molar-refractivity contribution is -0.143. The zero-order valence-electron chi connectivity index (χ0n) is 17.0. The second-order valence-corrected chi connectivity index (χ2v) is 7.62. The number of hydrogen-bond acceptors (Lipinski definition) is 9. The first-order chi connectivity index (χ1) is 13.8. The summed E-state index contributed by atoms with van der Waals surface area (Å²) in [6, 6.07) is 5.40. The highest BCUT2D eigenvalue weighted by atomic mass is 32.2. The van der Waals surface area contributed by atoms with Crippen molar-refractivity contribution in [1.82, 2.24) is 9.03 Å². The van der Waals surface area contributed by atoms with Gasteiger partial charge in [-0.15, -0.1) is 0 Å². The van der Waals surface area contributed by atoms with E-state index in [1.165, 1.54) is 0 Å². The van der Waals surface area contributed by atoms with Crippen molar-refractivity contribution in [2.75, 3.05) is 26.3 Å². The minimum atomic E-state index is -0.720. The minimum absolute atomic E-state index is 0.149. The molecule has 2 rings (SSSR count). The summed E-state index contributed by atoms with van der Waals surface area (Å²) in [4.78, 5) is 35.8. The molecule has 0 fully saturated rings. The van der Waals surface area contributed by atoms with Gasteiger partial charge in [-0.3, -0.25) is 9.59 Å². The maximum atomic E-state index is 12.2. The molecule has 1 N–H and O–H groups in total. The summed E-state index contributed by atoms with van der Waals surface area (Å²) in [5.74, 6) is -0.246. The monoisotopic (exact) mass is 426 g/mol. The molecule has 1 amide bonds. The van der Waals surface area contributed by atoms with Crippen LogP contribution in [0.25, 0.3) is 0 Å². The molecule has 0 atom stereocenters. The summed E-state index contributed by atoms with van der Waals surface area (Å²) in [6.07, 6.45) is 0.00687. The Bertz CT molecular complexity index is 754. The van der Waals surface area contributed by atoms with Gasteiger partial charge in [0.15, 0.2) is 11.5 Å². The highest BCUT2D eigenvalue weighted by molar-refractivity contribution is 7.95. The topological polar surface area (TPSA) is 103 Å². The van der Waals surface area contributed by atoms with E-state index in [1.54, 1.807) is 26.0 Å². The van der Waals surface area contributed by atoms with Crippen molar-refractivity contribution >= 4 is 30.2 Å². The molecule has 1 heterocycles. The molecule has 0 saturated heterocycles. The Morgan fingerprint density at radius 2 is 1.90 bits per heavy atom. The summed E-state index contributed by atoms with van der Waals surface area (Å²) >= 11 is 0.764. The number of benzene rings is 1. The summed E-state index contributed by atoms with van der Waals surface area (Å²) < 4.78 is 24.7. The average molecular weight is 426 g/mol. The van der Waals surface area contributed by atoms with E-state index in [-0.39, 0.29) is 31.9 Å². The second kappa shape index (κ2) is 10.4. The molecular weight excluding hydrogens is 400 g/mol. The van der Waals surface area contributed by atoms with Gasteiger partial charge in [0, 0.05) is 24.1 Å². The quantitative estimate of drug-likeness (QED) is 0.362. The number of esters is 2. The molecule has 1 aliphatic heterocycles. The fourth-order valence-electron chi connectivity index (χ4n) is 2.65. The normalized spacial score (nSPS) is 13.8. The number of carbonyl (C=O) groups excluding carboxylic acids is 3. The Labute approximate surface area is 174 Å². The zero-order chi connectivity index (χ0) is 21.4. The smallest absolute Gasteiger partial charge is 0.421 e. The first-order valence-electron chi connectivity index (χ1n) is 9.27. The van der Waals surface area contributed by atoms with Gasteiger partial charge in [0.2, 0.25) is 0 Å². The number of para-hydroxylation sites is 1. The molecular formula is C19H26N2O7S. The molecule has 0 aromatic heterocycles. The van der Waals surface area contributed by atoms with Crippen LogP contribution in [0.3, 0.4) is 0 Å². The molecule has 0 unspecified atom stereocenters. The molecule has 1 aromatic rings. The molecule has 9 nitrogen and oxygen atoms in total. The van der Waals surface area contributed by atoms with Crippen molar-refractivity contribution in [3.63, 3.8) is 0 Å². The molecule has 10 heteroatoms. The van der Waals surface area contributed by atoms with Crippen molar-refractivity contribution in [3.8, 4) is 11.5 Å². The van der Waals surface area contributed by atoms with E-state index in [2.05, 4.69) is 4.72 Å². The third-order valence-corrected chi connectivity index (χ3v) is 4.49. The zero-order valence-corrected chi connectivity index (χ0v) is 17.8.